The second-order valence-electron chi connectivity index (χ2n) is 3.87. The van der Waals surface area contributed by atoms with Gasteiger partial charge in [-0.1, -0.05) is 25.3 Å². The quantitative estimate of drug-likeness (QED) is 0.430. The molecule has 1 aliphatic carbocycles. The van der Waals surface area contributed by atoms with Crippen LogP contribution < -0.4 is 11.3 Å². The zero-order valence-electron chi connectivity index (χ0n) is 9.43. The van der Waals surface area contributed by atoms with Crippen molar-refractivity contribution >= 4 is 5.91 Å². The van der Waals surface area contributed by atoms with Gasteiger partial charge in [-0.3, -0.25) is 15.2 Å². The highest BCUT2D eigenvalue weighted by atomic mass is 16.2. The van der Waals surface area contributed by atoms with Crippen LogP contribution in [-0.4, -0.2) is 10.9 Å². The SMILES string of the molecule is NNC(=O)C1CCCCC1.c1ccncc1. The van der Waals surface area contributed by atoms with Gasteiger partial charge in [0.1, 0.15) is 0 Å². The molecule has 4 nitrogen and oxygen atoms in total. The molecule has 88 valence electrons. The van der Waals surface area contributed by atoms with Gasteiger partial charge in [-0.25, -0.2) is 5.84 Å². The first-order chi connectivity index (χ1) is 7.84. The summed E-state index contributed by atoms with van der Waals surface area (Å²) in [5.41, 5.74) is 2.20. The molecule has 0 unspecified atom stereocenters. The maximum absolute atomic E-state index is 10.9. The van der Waals surface area contributed by atoms with E-state index in [-0.39, 0.29) is 11.8 Å². The number of hydrogen-bond acceptors (Lipinski definition) is 3. The summed E-state index contributed by atoms with van der Waals surface area (Å²) in [6.07, 6.45) is 9.16. The van der Waals surface area contributed by atoms with Gasteiger partial charge < -0.3 is 0 Å². The number of nitrogens with one attached hydrogen (secondary N) is 1. The summed E-state index contributed by atoms with van der Waals surface area (Å²) < 4.78 is 0. The van der Waals surface area contributed by atoms with Crippen molar-refractivity contribution in [2.75, 3.05) is 0 Å². The second-order valence-corrected chi connectivity index (χ2v) is 3.87. The molecular formula is C12H19N3O. The van der Waals surface area contributed by atoms with E-state index < -0.39 is 0 Å². The van der Waals surface area contributed by atoms with E-state index in [0.29, 0.717) is 0 Å². The van der Waals surface area contributed by atoms with Gasteiger partial charge in [0.25, 0.3) is 0 Å². The fourth-order valence-electron chi connectivity index (χ4n) is 1.80. The zero-order chi connectivity index (χ0) is 11.6. The highest BCUT2D eigenvalue weighted by Gasteiger charge is 2.19. The lowest BCUT2D eigenvalue weighted by Gasteiger charge is -2.19. The van der Waals surface area contributed by atoms with Gasteiger partial charge >= 0.3 is 0 Å². The summed E-state index contributed by atoms with van der Waals surface area (Å²) in [4.78, 5) is 14.7. The number of pyridine rings is 1. The van der Waals surface area contributed by atoms with Crippen LogP contribution in [0.4, 0.5) is 0 Å². The molecule has 4 heteroatoms. The molecular weight excluding hydrogens is 202 g/mol. The van der Waals surface area contributed by atoms with Crippen LogP contribution >= 0.6 is 0 Å². The van der Waals surface area contributed by atoms with Crippen LogP contribution in [0.1, 0.15) is 32.1 Å². The molecule has 0 bridgehead atoms. The van der Waals surface area contributed by atoms with E-state index in [1.54, 1.807) is 12.4 Å². The first-order valence-corrected chi connectivity index (χ1v) is 5.70. The van der Waals surface area contributed by atoms with E-state index in [1.165, 1.54) is 19.3 Å². The lowest BCUT2D eigenvalue weighted by molar-refractivity contribution is -0.125. The highest BCUT2D eigenvalue weighted by Crippen LogP contribution is 2.23. The summed E-state index contributed by atoms with van der Waals surface area (Å²) >= 11 is 0. The van der Waals surface area contributed by atoms with Crippen LogP contribution in [0.2, 0.25) is 0 Å². The standard InChI is InChI=1S/C7H14N2O.C5H5N/c8-9-7(10)6-4-2-1-3-5-6;1-2-4-6-5-3-1/h6H,1-5,8H2,(H,9,10);1-5H. The Bertz CT molecular complexity index is 257. The van der Waals surface area contributed by atoms with Crippen molar-refractivity contribution in [1.29, 1.82) is 0 Å². The fourth-order valence-corrected chi connectivity index (χ4v) is 1.80. The van der Waals surface area contributed by atoms with E-state index >= 15 is 0 Å². The van der Waals surface area contributed by atoms with Gasteiger partial charge in [-0.2, -0.15) is 0 Å². The van der Waals surface area contributed by atoms with Gasteiger partial charge in [-0.05, 0) is 25.0 Å². The van der Waals surface area contributed by atoms with Crippen molar-refractivity contribution in [2.45, 2.75) is 32.1 Å². The van der Waals surface area contributed by atoms with Crippen molar-refractivity contribution in [3.63, 3.8) is 0 Å². The molecule has 3 N–H and O–H groups in total. The van der Waals surface area contributed by atoms with E-state index in [4.69, 9.17) is 5.84 Å². The van der Waals surface area contributed by atoms with Crippen LogP contribution in [0, 0.1) is 5.92 Å². The molecule has 0 aliphatic heterocycles. The molecule has 0 radical (unpaired) electrons. The molecule has 0 atom stereocenters. The molecule has 2 rings (SSSR count). The Morgan fingerprint density at radius 2 is 1.75 bits per heavy atom. The maximum atomic E-state index is 10.9. The number of carbonyl (C=O) groups is 1. The van der Waals surface area contributed by atoms with E-state index in [0.717, 1.165) is 12.8 Å². The van der Waals surface area contributed by atoms with Gasteiger partial charge in [0.2, 0.25) is 5.91 Å². The van der Waals surface area contributed by atoms with E-state index in [9.17, 15) is 4.79 Å². The Hall–Kier alpha value is -1.42. The van der Waals surface area contributed by atoms with Crippen molar-refractivity contribution < 1.29 is 4.79 Å². The minimum atomic E-state index is 0.0136. The number of carbonyl (C=O) groups excluding carboxylic acids is 1. The van der Waals surface area contributed by atoms with Crippen molar-refractivity contribution in [1.82, 2.24) is 10.4 Å². The molecule has 16 heavy (non-hydrogen) atoms. The average Bonchev–Trinajstić information content (AvgIpc) is 2.41. The van der Waals surface area contributed by atoms with Crippen LogP contribution in [0.5, 0.6) is 0 Å². The van der Waals surface area contributed by atoms with Crippen molar-refractivity contribution in [3.8, 4) is 0 Å². The molecule has 1 fully saturated rings. The molecule has 1 aliphatic rings. The van der Waals surface area contributed by atoms with Crippen LogP contribution in [0.15, 0.2) is 30.6 Å². The normalized spacial score (nSPS) is 15.8. The maximum Gasteiger partial charge on any atom is 0.236 e. The third-order valence-electron chi connectivity index (χ3n) is 2.68. The largest absolute Gasteiger partial charge is 0.294 e. The zero-order valence-corrected chi connectivity index (χ0v) is 9.43. The summed E-state index contributed by atoms with van der Waals surface area (Å²) in [7, 11) is 0. The summed E-state index contributed by atoms with van der Waals surface area (Å²) in [6, 6.07) is 5.72. The van der Waals surface area contributed by atoms with Crippen LogP contribution in [0.3, 0.4) is 0 Å². The molecule has 1 aromatic rings. The number of hydrogen-bond donors (Lipinski definition) is 2. The van der Waals surface area contributed by atoms with Crippen LogP contribution in [-0.2, 0) is 4.79 Å². The third kappa shape index (κ3) is 4.89. The first kappa shape index (κ1) is 12.6. The third-order valence-corrected chi connectivity index (χ3v) is 2.68. The highest BCUT2D eigenvalue weighted by molar-refractivity contribution is 5.77. The molecule has 1 amide bonds. The van der Waals surface area contributed by atoms with Gasteiger partial charge in [0, 0.05) is 18.3 Å². The van der Waals surface area contributed by atoms with Gasteiger partial charge in [0.05, 0.1) is 0 Å². The molecule has 0 saturated heterocycles. The molecule has 1 aromatic heterocycles. The molecule has 1 saturated carbocycles. The lowest BCUT2D eigenvalue weighted by atomic mass is 9.89. The Kier molecular flexibility index (Phi) is 6.18. The van der Waals surface area contributed by atoms with Crippen molar-refractivity contribution in [2.24, 2.45) is 11.8 Å². The smallest absolute Gasteiger partial charge is 0.236 e. The minimum Gasteiger partial charge on any atom is -0.294 e. The predicted octanol–water partition coefficient (Wildman–Crippen LogP) is 1.64. The number of amides is 1. The van der Waals surface area contributed by atoms with Gasteiger partial charge in [-0.15, -0.1) is 0 Å². The first-order valence-electron chi connectivity index (χ1n) is 5.70. The van der Waals surface area contributed by atoms with Crippen molar-refractivity contribution in [3.05, 3.63) is 30.6 Å². The monoisotopic (exact) mass is 221 g/mol. The molecule has 0 spiro atoms. The Balaban J connectivity index is 0.000000181. The van der Waals surface area contributed by atoms with Gasteiger partial charge in [0.15, 0.2) is 0 Å². The summed E-state index contributed by atoms with van der Waals surface area (Å²) in [5.74, 6) is 5.21. The fraction of sp³-hybridized carbons (Fsp3) is 0.500. The van der Waals surface area contributed by atoms with E-state index in [1.807, 2.05) is 18.2 Å². The topological polar surface area (TPSA) is 68.0 Å². The number of nitrogens with two attached hydrogens (primary N) is 1. The Labute approximate surface area is 96.2 Å². The minimum absolute atomic E-state index is 0.0136. The number of hydrazine groups is 1. The molecule has 0 aromatic carbocycles. The number of rotatable bonds is 1. The second kappa shape index (κ2) is 7.82. The number of nitrogens with zero attached hydrogens (tertiary/aromatic N) is 1. The van der Waals surface area contributed by atoms with Crippen LogP contribution in [0.25, 0.3) is 0 Å². The molecule has 1 heterocycles. The lowest BCUT2D eigenvalue weighted by Crippen LogP contribution is -2.36. The number of aromatic nitrogens is 1. The Morgan fingerprint density at radius 3 is 2.12 bits per heavy atom. The summed E-state index contributed by atoms with van der Waals surface area (Å²) in [5, 5.41) is 0. The van der Waals surface area contributed by atoms with E-state index in [2.05, 4.69) is 10.4 Å². The predicted molar refractivity (Wildman–Crippen MR) is 63.1 cm³/mol. The average molecular weight is 221 g/mol. The summed E-state index contributed by atoms with van der Waals surface area (Å²) in [6.45, 7) is 0. The Morgan fingerprint density at radius 1 is 1.12 bits per heavy atom.